The van der Waals surface area contributed by atoms with Crippen LogP contribution in [0.1, 0.15) is 39.5 Å². The number of sulfonamides is 1. The molecule has 1 aliphatic rings. The van der Waals surface area contributed by atoms with Crippen LogP contribution in [-0.4, -0.2) is 20.6 Å². The van der Waals surface area contributed by atoms with Crippen LogP contribution in [0.3, 0.4) is 0 Å². The van der Waals surface area contributed by atoms with Crippen molar-refractivity contribution in [3.8, 4) is 0 Å². The van der Waals surface area contributed by atoms with E-state index in [0.29, 0.717) is 11.3 Å². The fourth-order valence-electron chi connectivity index (χ4n) is 4.78. The molecule has 0 aliphatic heterocycles. The first-order valence-electron chi connectivity index (χ1n) is 11.8. The van der Waals surface area contributed by atoms with Crippen LogP contribution in [-0.2, 0) is 35.8 Å². The normalized spacial score (nSPS) is 12.6. The number of hydrogen-bond donors (Lipinski definition) is 1. The Kier molecular flexibility index (Phi) is 6.07. The van der Waals surface area contributed by atoms with Crippen molar-refractivity contribution in [1.29, 1.82) is 0 Å². The number of carbonyl (C=O) groups is 1. The van der Waals surface area contributed by atoms with E-state index in [2.05, 4.69) is 30.4 Å². The summed E-state index contributed by atoms with van der Waals surface area (Å²) < 4.78 is 26.4. The van der Waals surface area contributed by atoms with Crippen molar-refractivity contribution in [3.63, 3.8) is 0 Å². The van der Waals surface area contributed by atoms with E-state index in [9.17, 15) is 13.2 Å². The minimum absolute atomic E-state index is 0.189. The molecule has 0 unspecified atom stereocenters. The van der Waals surface area contributed by atoms with Crippen molar-refractivity contribution in [1.82, 2.24) is 0 Å². The number of aryl methyl sites for hydroxylation is 3. The second-order valence-electron chi connectivity index (χ2n) is 9.05. The van der Waals surface area contributed by atoms with E-state index in [0.717, 1.165) is 41.5 Å². The summed E-state index contributed by atoms with van der Waals surface area (Å²) >= 11 is 0. The minimum Gasteiger partial charge on any atom is -0.321 e. The molecule has 1 aliphatic carbocycles. The molecule has 0 fully saturated rings. The van der Waals surface area contributed by atoms with Gasteiger partial charge < -0.3 is 5.32 Å². The lowest BCUT2D eigenvalue weighted by atomic mass is 10.0. The van der Waals surface area contributed by atoms with E-state index < -0.39 is 10.0 Å². The predicted octanol–water partition coefficient (Wildman–Crippen LogP) is 5.72. The summed E-state index contributed by atoms with van der Waals surface area (Å²) in [5.74, 6) is -0.189. The molecule has 0 aromatic heterocycles. The first kappa shape index (κ1) is 23.1. The van der Waals surface area contributed by atoms with Gasteiger partial charge in [-0.3, -0.25) is 9.10 Å². The predicted molar refractivity (Wildman–Crippen MR) is 143 cm³/mol. The zero-order chi connectivity index (χ0) is 24.6. The fraction of sp³-hybridized carbons (Fsp3) is 0.207. The third-order valence-corrected chi connectivity index (χ3v) is 7.84. The third-order valence-electron chi connectivity index (χ3n) is 6.70. The second-order valence-corrected chi connectivity index (χ2v) is 11.0. The van der Waals surface area contributed by atoms with Crippen LogP contribution in [0.15, 0.2) is 78.9 Å². The molecule has 0 saturated heterocycles. The van der Waals surface area contributed by atoms with Gasteiger partial charge in [-0.25, -0.2) is 8.42 Å². The van der Waals surface area contributed by atoms with Gasteiger partial charge in [-0.15, -0.1) is 0 Å². The fourth-order valence-corrected chi connectivity index (χ4v) is 5.66. The lowest BCUT2D eigenvalue weighted by Crippen LogP contribution is -2.29. The summed E-state index contributed by atoms with van der Waals surface area (Å²) in [5, 5.41) is 5.39. The molecular formula is C29H28N2O3S. The first-order chi connectivity index (χ1) is 16.8. The molecule has 0 atom stereocenters. The Hall–Kier alpha value is -3.64. The second kappa shape index (κ2) is 9.19. The summed E-state index contributed by atoms with van der Waals surface area (Å²) in [6, 6.07) is 25.0. The lowest BCUT2D eigenvalue weighted by molar-refractivity contribution is 0.102. The molecular weight excluding hydrogens is 456 g/mol. The number of amides is 1. The van der Waals surface area contributed by atoms with Crippen molar-refractivity contribution in [2.75, 3.05) is 15.9 Å². The zero-order valence-corrected chi connectivity index (χ0v) is 20.7. The monoisotopic (exact) mass is 484 g/mol. The summed E-state index contributed by atoms with van der Waals surface area (Å²) in [7, 11) is -3.47. The molecule has 5 nitrogen and oxygen atoms in total. The minimum atomic E-state index is -3.47. The average molecular weight is 485 g/mol. The SMILES string of the molecule is CCc1ccc(N(Cc2ccc(C(=O)Nc3ccc4c5c(cccc35)CC4)cc2)S(C)(=O)=O)cc1. The van der Waals surface area contributed by atoms with Crippen molar-refractivity contribution in [2.45, 2.75) is 32.7 Å². The quantitative estimate of drug-likeness (QED) is 0.365. The molecule has 0 bridgehead atoms. The summed E-state index contributed by atoms with van der Waals surface area (Å²) in [6.45, 7) is 2.26. The van der Waals surface area contributed by atoms with Crippen LogP contribution in [0.2, 0.25) is 0 Å². The molecule has 178 valence electrons. The highest BCUT2D eigenvalue weighted by molar-refractivity contribution is 7.92. The summed E-state index contributed by atoms with van der Waals surface area (Å²) in [6.07, 6.45) is 4.18. The number of nitrogens with zero attached hydrogens (tertiary/aromatic N) is 1. The van der Waals surface area contributed by atoms with Gasteiger partial charge in [0.15, 0.2) is 0 Å². The number of anilines is 2. The number of nitrogens with one attached hydrogen (secondary N) is 1. The van der Waals surface area contributed by atoms with Crippen LogP contribution in [0.25, 0.3) is 10.8 Å². The van der Waals surface area contributed by atoms with E-state index in [1.807, 2.05) is 36.4 Å². The van der Waals surface area contributed by atoms with Crippen LogP contribution in [0, 0.1) is 0 Å². The first-order valence-corrected chi connectivity index (χ1v) is 13.7. The molecule has 0 heterocycles. The maximum atomic E-state index is 13.0. The lowest BCUT2D eigenvalue weighted by Gasteiger charge is -2.23. The maximum absolute atomic E-state index is 13.0. The van der Waals surface area contributed by atoms with Crippen LogP contribution in [0.5, 0.6) is 0 Å². The highest BCUT2D eigenvalue weighted by Gasteiger charge is 2.19. The molecule has 0 radical (unpaired) electrons. The van der Waals surface area contributed by atoms with E-state index in [1.165, 1.54) is 27.1 Å². The van der Waals surface area contributed by atoms with Crippen molar-refractivity contribution in [3.05, 3.63) is 107 Å². The average Bonchev–Trinajstić information content (AvgIpc) is 3.28. The highest BCUT2D eigenvalue weighted by atomic mass is 32.2. The standard InChI is InChI=1S/C29H28N2O3S/c1-3-20-9-16-25(17-10-20)31(35(2,33)34)19-21-7-11-24(12-8-21)29(32)30-27-18-15-23-14-13-22-5-4-6-26(27)28(22)23/h4-12,15-18H,3,13-14,19H2,1-2H3,(H,30,32). The van der Waals surface area contributed by atoms with Gasteiger partial charge in [-0.2, -0.15) is 0 Å². The number of benzene rings is 4. The number of carbonyl (C=O) groups excluding carboxylic acids is 1. The Morgan fingerprint density at radius 1 is 0.857 bits per heavy atom. The topological polar surface area (TPSA) is 66.5 Å². The van der Waals surface area contributed by atoms with Crippen molar-refractivity contribution in [2.24, 2.45) is 0 Å². The summed E-state index contributed by atoms with van der Waals surface area (Å²) in [5.41, 5.74) is 6.57. The van der Waals surface area contributed by atoms with Gasteiger partial charge in [0.2, 0.25) is 10.0 Å². The van der Waals surface area contributed by atoms with Gasteiger partial charge in [-0.1, -0.05) is 55.5 Å². The van der Waals surface area contributed by atoms with Gasteiger partial charge in [-0.05, 0) is 77.2 Å². The largest absolute Gasteiger partial charge is 0.321 e. The van der Waals surface area contributed by atoms with Crippen LogP contribution >= 0.6 is 0 Å². The Balaban J connectivity index is 1.35. The van der Waals surface area contributed by atoms with E-state index in [-0.39, 0.29) is 12.5 Å². The molecule has 5 rings (SSSR count). The van der Waals surface area contributed by atoms with E-state index in [4.69, 9.17) is 0 Å². The Bertz CT molecular complexity index is 1500. The maximum Gasteiger partial charge on any atom is 0.255 e. The van der Waals surface area contributed by atoms with E-state index >= 15 is 0 Å². The van der Waals surface area contributed by atoms with Crippen molar-refractivity contribution >= 4 is 38.1 Å². The zero-order valence-electron chi connectivity index (χ0n) is 19.9. The Labute approximate surface area is 206 Å². The number of hydrogen-bond acceptors (Lipinski definition) is 3. The van der Waals surface area contributed by atoms with Gasteiger partial charge in [0, 0.05) is 16.6 Å². The molecule has 0 spiro atoms. The van der Waals surface area contributed by atoms with E-state index in [1.54, 1.807) is 24.3 Å². The Morgan fingerprint density at radius 2 is 1.51 bits per heavy atom. The molecule has 6 heteroatoms. The van der Waals surface area contributed by atoms with Gasteiger partial charge in [0.1, 0.15) is 0 Å². The van der Waals surface area contributed by atoms with Crippen LogP contribution < -0.4 is 9.62 Å². The van der Waals surface area contributed by atoms with Gasteiger partial charge in [0.25, 0.3) is 5.91 Å². The molecule has 1 N–H and O–H groups in total. The van der Waals surface area contributed by atoms with Gasteiger partial charge in [0.05, 0.1) is 18.5 Å². The van der Waals surface area contributed by atoms with Crippen LogP contribution in [0.4, 0.5) is 11.4 Å². The molecule has 1 amide bonds. The molecule has 4 aromatic carbocycles. The third kappa shape index (κ3) is 4.66. The Morgan fingerprint density at radius 3 is 2.17 bits per heavy atom. The number of rotatable bonds is 7. The van der Waals surface area contributed by atoms with Crippen molar-refractivity contribution < 1.29 is 13.2 Å². The highest BCUT2D eigenvalue weighted by Crippen LogP contribution is 2.35. The summed E-state index contributed by atoms with van der Waals surface area (Å²) in [4.78, 5) is 13.0. The molecule has 35 heavy (non-hydrogen) atoms. The smallest absolute Gasteiger partial charge is 0.255 e. The molecule has 4 aromatic rings. The van der Waals surface area contributed by atoms with Gasteiger partial charge >= 0.3 is 0 Å². The molecule has 0 saturated carbocycles.